The van der Waals surface area contributed by atoms with Gasteiger partial charge in [-0.2, -0.15) is 0 Å². The molecule has 4 heteroatoms. The zero-order valence-corrected chi connectivity index (χ0v) is 9.73. The standard InChI is InChI=1S/C12H17NO3/c1-3-4-7-16-9-11-6-5-10(8-13-11)12(14)15-2/h5-6,8H,3-4,7,9H2,1-2H3. The number of carbonyl (C=O) groups excluding carboxylic acids is 1. The first-order chi connectivity index (χ1) is 7.77. The highest BCUT2D eigenvalue weighted by atomic mass is 16.5. The summed E-state index contributed by atoms with van der Waals surface area (Å²) in [6, 6.07) is 3.47. The van der Waals surface area contributed by atoms with E-state index in [1.54, 1.807) is 12.1 Å². The molecule has 0 aliphatic rings. The van der Waals surface area contributed by atoms with Gasteiger partial charge in [0, 0.05) is 12.8 Å². The van der Waals surface area contributed by atoms with Crippen LogP contribution in [0.5, 0.6) is 0 Å². The van der Waals surface area contributed by atoms with Gasteiger partial charge in [0.05, 0.1) is 25.0 Å². The number of aromatic nitrogens is 1. The molecular weight excluding hydrogens is 206 g/mol. The number of methoxy groups -OCH3 is 1. The molecule has 88 valence electrons. The van der Waals surface area contributed by atoms with Crippen LogP contribution in [0.1, 0.15) is 35.8 Å². The summed E-state index contributed by atoms with van der Waals surface area (Å²) in [6.07, 6.45) is 3.68. The molecule has 0 aliphatic carbocycles. The molecular formula is C12H17NO3. The van der Waals surface area contributed by atoms with Crippen LogP contribution in [0.3, 0.4) is 0 Å². The average molecular weight is 223 g/mol. The van der Waals surface area contributed by atoms with Crippen molar-refractivity contribution in [2.45, 2.75) is 26.4 Å². The highest BCUT2D eigenvalue weighted by Crippen LogP contribution is 2.03. The van der Waals surface area contributed by atoms with Gasteiger partial charge in [-0.3, -0.25) is 4.98 Å². The van der Waals surface area contributed by atoms with Crippen LogP contribution in [0.4, 0.5) is 0 Å². The van der Waals surface area contributed by atoms with Crippen molar-refractivity contribution in [1.29, 1.82) is 0 Å². The normalized spacial score (nSPS) is 10.1. The summed E-state index contributed by atoms with van der Waals surface area (Å²) in [4.78, 5) is 15.2. The number of hydrogen-bond acceptors (Lipinski definition) is 4. The molecule has 0 saturated carbocycles. The molecule has 4 nitrogen and oxygen atoms in total. The number of ether oxygens (including phenoxy) is 2. The molecule has 0 unspecified atom stereocenters. The fourth-order valence-electron chi connectivity index (χ4n) is 1.17. The lowest BCUT2D eigenvalue weighted by atomic mass is 10.2. The van der Waals surface area contributed by atoms with Crippen molar-refractivity contribution in [3.05, 3.63) is 29.6 Å². The lowest BCUT2D eigenvalue weighted by Gasteiger charge is -2.03. The van der Waals surface area contributed by atoms with Gasteiger partial charge in [-0.25, -0.2) is 4.79 Å². The van der Waals surface area contributed by atoms with Crippen LogP contribution in [-0.4, -0.2) is 24.7 Å². The van der Waals surface area contributed by atoms with Crippen molar-refractivity contribution in [2.75, 3.05) is 13.7 Å². The third kappa shape index (κ3) is 3.98. The van der Waals surface area contributed by atoms with Gasteiger partial charge in [0.15, 0.2) is 0 Å². The van der Waals surface area contributed by atoms with Crippen molar-refractivity contribution in [3.8, 4) is 0 Å². The Labute approximate surface area is 95.6 Å². The Balaban J connectivity index is 2.42. The summed E-state index contributed by atoms with van der Waals surface area (Å²) in [5, 5.41) is 0. The van der Waals surface area contributed by atoms with Gasteiger partial charge >= 0.3 is 5.97 Å². The van der Waals surface area contributed by atoms with E-state index in [2.05, 4.69) is 16.6 Å². The molecule has 0 N–H and O–H groups in total. The van der Waals surface area contributed by atoms with Gasteiger partial charge in [-0.15, -0.1) is 0 Å². The van der Waals surface area contributed by atoms with Gasteiger partial charge in [0.2, 0.25) is 0 Å². The molecule has 0 amide bonds. The maximum absolute atomic E-state index is 11.1. The van der Waals surface area contributed by atoms with Crippen molar-refractivity contribution < 1.29 is 14.3 Å². The highest BCUT2D eigenvalue weighted by Gasteiger charge is 2.05. The molecule has 0 fully saturated rings. The largest absolute Gasteiger partial charge is 0.465 e. The molecule has 0 bridgehead atoms. The lowest BCUT2D eigenvalue weighted by molar-refractivity contribution is 0.0600. The smallest absolute Gasteiger partial charge is 0.339 e. The molecule has 0 spiro atoms. The summed E-state index contributed by atoms with van der Waals surface area (Å²) < 4.78 is 9.99. The molecule has 16 heavy (non-hydrogen) atoms. The zero-order valence-electron chi connectivity index (χ0n) is 9.73. The van der Waals surface area contributed by atoms with Crippen molar-refractivity contribution in [1.82, 2.24) is 4.98 Å². The minimum absolute atomic E-state index is 0.369. The van der Waals surface area contributed by atoms with E-state index in [0.717, 1.165) is 25.1 Å². The van der Waals surface area contributed by atoms with Crippen LogP contribution in [-0.2, 0) is 16.1 Å². The van der Waals surface area contributed by atoms with Crippen LogP contribution in [0.15, 0.2) is 18.3 Å². The Morgan fingerprint density at radius 3 is 2.81 bits per heavy atom. The Hall–Kier alpha value is -1.42. The van der Waals surface area contributed by atoms with E-state index in [-0.39, 0.29) is 5.97 Å². The molecule has 1 aromatic rings. The molecule has 0 atom stereocenters. The third-order valence-electron chi connectivity index (χ3n) is 2.14. The maximum Gasteiger partial charge on any atom is 0.339 e. The highest BCUT2D eigenvalue weighted by molar-refractivity contribution is 5.88. The van der Waals surface area contributed by atoms with Crippen LogP contribution >= 0.6 is 0 Å². The Bertz CT molecular complexity index is 322. The minimum Gasteiger partial charge on any atom is -0.465 e. The predicted octanol–water partition coefficient (Wildman–Crippen LogP) is 2.18. The van der Waals surface area contributed by atoms with E-state index >= 15 is 0 Å². The topological polar surface area (TPSA) is 48.4 Å². The summed E-state index contributed by atoms with van der Waals surface area (Å²) in [5.74, 6) is -0.369. The molecule has 0 saturated heterocycles. The number of carbonyl (C=O) groups is 1. The molecule has 1 aromatic heterocycles. The van der Waals surface area contributed by atoms with Crippen molar-refractivity contribution in [3.63, 3.8) is 0 Å². The van der Waals surface area contributed by atoms with E-state index in [1.165, 1.54) is 13.3 Å². The van der Waals surface area contributed by atoms with E-state index in [1.807, 2.05) is 0 Å². The second-order valence-corrected chi connectivity index (χ2v) is 3.44. The van der Waals surface area contributed by atoms with Crippen LogP contribution in [0.2, 0.25) is 0 Å². The van der Waals surface area contributed by atoms with E-state index in [0.29, 0.717) is 12.2 Å². The summed E-state index contributed by atoms with van der Waals surface area (Å²) in [5.41, 5.74) is 1.28. The molecule has 0 aliphatic heterocycles. The first kappa shape index (κ1) is 12.6. The molecule has 1 rings (SSSR count). The van der Waals surface area contributed by atoms with Gasteiger partial charge < -0.3 is 9.47 Å². The average Bonchev–Trinajstić information content (AvgIpc) is 2.34. The van der Waals surface area contributed by atoms with Crippen LogP contribution in [0.25, 0.3) is 0 Å². The summed E-state index contributed by atoms with van der Waals surface area (Å²) in [6.45, 7) is 3.35. The maximum atomic E-state index is 11.1. The quantitative estimate of drug-likeness (QED) is 0.548. The fraction of sp³-hybridized carbons (Fsp3) is 0.500. The Morgan fingerprint density at radius 1 is 1.44 bits per heavy atom. The number of pyridine rings is 1. The molecule has 0 radical (unpaired) electrons. The SMILES string of the molecule is CCCCOCc1ccc(C(=O)OC)cn1. The van der Waals surface area contributed by atoms with Gasteiger partial charge in [0.1, 0.15) is 0 Å². The lowest BCUT2D eigenvalue weighted by Crippen LogP contribution is -2.03. The number of unbranched alkanes of at least 4 members (excludes halogenated alkanes) is 1. The fourth-order valence-corrected chi connectivity index (χ4v) is 1.17. The van der Waals surface area contributed by atoms with Crippen molar-refractivity contribution >= 4 is 5.97 Å². The Kier molecular flexibility index (Phi) is 5.50. The number of nitrogens with zero attached hydrogens (tertiary/aromatic N) is 1. The van der Waals surface area contributed by atoms with Gasteiger partial charge in [-0.1, -0.05) is 13.3 Å². The predicted molar refractivity (Wildman–Crippen MR) is 60.1 cm³/mol. The Morgan fingerprint density at radius 2 is 2.25 bits per heavy atom. The number of rotatable bonds is 6. The van der Waals surface area contributed by atoms with E-state index in [4.69, 9.17) is 4.74 Å². The monoisotopic (exact) mass is 223 g/mol. The second kappa shape index (κ2) is 6.95. The second-order valence-electron chi connectivity index (χ2n) is 3.44. The van der Waals surface area contributed by atoms with Crippen LogP contribution < -0.4 is 0 Å². The first-order valence-electron chi connectivity index (χ1n) is 5.39. The van der Waals surface area contributed by atoms with E-state index < -0.39 is 0 Å². The van der Waals surface area contributed by atoms with Gasteiger partial charge in [0.25, 0.3) is 0 Å². The summed E-state index contributed by atoms with van der Waals surface area (Å²) in [7, 11) is 1.35. The molecule has 0 aromatic carbocycles. The van der Waals surface area contributed by atoms with Gasteiger partial charge in [-0.05, 0) is 18.6 Å². The van der Waals surface area contributed by atoms with Crippen LogP contribution in [0, 0.1) is 0 Å². The summed E-state index contributed by atoms with van der Waals surface area (Å²) >= 11 is 0. The van der Waals surface area contributed by atoms with E-state index in [9.17, 15) is 4.79 Å². The molecule has 1 heterocycles. The minimum atomic E-state index is -0.369. The third-order valence-corrected chi connectivity index (χ3v) is 2.14. The van der Waals surface area contributed by atoms with Crippen molar-refractivity contribution in [2.24, 2.45) is 0 Å². The number of esters is 1. The number of hydrogen-bond donors (Lipinski definition) is 0. The zero-order chi connectivity index (χ0) is 11.8. The first-order valence-corrected chi connectivity index (χ1v) is 5.39.